The van der Waals surface area contributed by atoms with E-state index < -0.39 is 0 Å². The van der Waals surface area contributed by atoms with Gasteiger partial charge in [-0.3, -0.25) is 9.69 Å². The molecule has 0 N–H and O–H groups in total. The van der Waals surface area contributed by atoms with E-state index in [-0.39, 0.29) is 5.91 Å². The van der Waals surface area contributed by atoms with Gasteiger partial charge in [0.05, 0.1) is 25.5 Å². The van der Waals surface area contributed by atoms with Crippen LogP contribution in [0.4, 0.5) is 0 Å². The summed E-state index contributed by atoms with van der Waals surface area (Å²) in [5.74, 6) is 1.72. The first-order valence-electron chi connectivity index (χ1n) is 8.21. The van der Waals surface area contributed by atoms with Crippen LogP contribution in [0, 0.1) is 6.92 Å². The SMILES string of the molecule is Cc1cn(C)c(C2CCCN(C(=O)CN3CCOCC3)C2)n1. The van der Waals surface area contributed by atoms with Gasteiger partial charge in [-0.1, -0.05) is 0 Å². The van der Waals surface area contributed by atoms with Gasteiger partial charge in [0.1, 0.15) is 5.82 Å². The van der Waals surface area contributed by atoms with Crippen molar-refractivity contribution in [2.45, 2.75) is 25.7 Å². The summed E-state index contributed by atoms with van der Waals surface area (Å²) in [5.41, 5.74) is 1.05. The third-order valence-corrected chi connectivity index (χ3v) is 4.63. The number of carbonyl (C=O) groups excluding carboxylic acids is 1. The summed E-state index contributed by atoms with van der Waals surface area (Å²) in [4.78, 5) is 21.4. The maximum atomic E-state index is 12.5. The van der Waals surface area contributed by atoms with Crippen molar-refractivity contribution in [1.29, 1.82) is 0 Å². The van der Waals surface area contributed by atoms with Gasteiger partial charge < -0.3 is 14.2 Å². The fraction of sp³-hybridized carbons (Fsp3) is 0.750. The summed E-state index contributed by atoms with van der Waals surface area (Å²) in [6, 6.07) is 0. The molecule has 1 amide bonds. The minimum atomic E-state index is 0.248. The number of likely N-dealkylation sites (tertiary alicyclic amines) is 1. The Bertz CT molecular complexity index is 522. The van der Waals surface area contributed by atoms with Crippen LogP contribution in [0.2, 0.25) is 0 Å². The fourth-order valence-corrected chi connectivity index (χ4v) is 3.48. The predicted molar refractivity (Wildman–Crippen MR) is 83.8 cm³/mol. The Morgan fingerprint density at radius 1 is 1.36 bits per heavy atom. The van der Waals surface area contributed by atoms with E-state index in [1.807, 2.05) is 18.9 Å². The highest BCUT2D eigenvalue weighted by molar-refractivity contribution is 5.78. The van der Waals surface area contributed by atoms with Crippen molar-refractivity contribution in [2.75, 3.05) is 45.9 Å². The van der Waals surface area contributed by atoms with Gasteiger partial charge in [0, 0.05) is 45.3 Å². The fourth-order valence-electron chi connectivity index (χ4n) is 3.48. The maximum absolute atomic E-state index is 12.5. The lowest BCUT2D eigenvalue weighted by atomic mass is 9.97. The van der Waals surface area contributed by atoms with Crippen LogP contribution in [0.25, 0.3) is 0 Å². The van der Waals surface area contributed by atoms with Crippen molar-refractivity contribution in [3.63, 3.8) is 0 Å². The number of rotatable bonds is 3. The van der Waals surface area contributed by atoms with E-state index in [9.17, 15) is 4.79 Å². The van der Waals surface area contributed by atoms with E-state index >= 15 is 0 Å². The third kappa shape index (κ3) is 3.50. The van der Waals surface area contributed by atoms with Crippen molar-refractivity contribution in [3.8, 4) is 0 Å². The molecule has 1 atom stereocenters. The number of amides is 1. The highest BCUT2D eigenvalue weighted by atomic mass is 16.5. The lowest BCUT2D eigenvalue weighted by molar-refractivity contribution is -0.134. The largest absolute Gasteiger partial charge is 0.379 e. The van der Waals surface area contributed by atoms with Gasteiger partial charge in [-0.25, -0.2) is 4.98 Å². The minimum Gasteiger partial charge on any atom is -0.379 e. The topological polar surface area (TPSA) is 50.6 Å². The average molecular weight is 306 g/mol. The Hall–Kier alpha value is -1.40. The molecule has 2 fully saturated rings. The molecule has 6 heteroatoms. The van der Waals surface area contributed by atoms with E-state index in [0.717, 1.165) is 63.8 Å². The lowest BCUT2D eigenvalue weighted by Crippen LogP contribution is -2.47. The molecule has 2 aliphatic rings. The molecule has 1 aromatic rings. The summed E-state index contributed by atoms with van der Waals surface area (Å²) in [6.45, 7) is 7.42. The van der Waals surface area contributed by atoms with Crippen LogP contribution in [0.3, 0.4) is 0 Å². The van der Waals surface area contributed by atoms with Crippen molar-refractivity contribution in [1.82, 2.24) is 19.4 Å². The number of aryl methyl sites for hydroxylation is 2. The number of carbonyl (C=O) groups is 1. The molecule has 22 heavy (non-hydrogen) atoms. The van der Waals surface area contributed by atoms with Gasteiger partial charge in [0.2, 0.25) is 5.91 Å². The van der Waals surface area contributed by atoms with Crippen molar-refractivity contribution >= 4 is 5.91 Å². The number of hydrogen-bond acceptors (Lipinski definition) is 4. The van der Waals surface area contributed by atoms with Crippen LogP contribution in [0.1, 0.15) is 30.3 Å². The number of morpholine rings is 1. The first kappa shape index (κ1) is 15.5. The lowest BCUT2D eigenvalue weighted by Gasteiger charge is -2.34. The van der Waals surface area contributed by atoms with Gasteiger partial charge >= 0.3 is 0 Å². The second-order valence-electron chi connectivity index (χ2n) is 6.42. The zero-order valence-electron chi connectivity index (χ0n) is 13.6. The zero-order valence-corrected chi connectivity index (χ0v) is 13.6. The van der Waals surface area contributed by atoms with E-state index in [1.165, 1.54) is 0 Å². The van der Waals surface area contributed by atoms with E-state index in [4.69, 9.17) is 4.74 Å². The smallest absolute Gasteiger partial charge is 0.236 e. The molecule has 0 saturated carbocycles. The van der Waals surface area contributed by atoms with Gasteiger partial charge in [0.25, 0.3) is 0 Å². The van der Waals surface area contributed by atoms with E-state index in [1.54, 1.807) is 0 Å². The quantitative estimate of drug-likeness (QED) is 0.827. The van der Waals surface area contributed by atoms with Crippen LogP contribution < -0.4 is 0 Å². The second-order valence-corrected chi connectivity index (χ2v) is 6.42. The van der Waals surface area contributed by atoms with Gasteiger partial charge in [-0.15, -0.1) is 0 Å². The molecule has 122 valence electrons. The molecule has 2 saturated heterocycles. The van der Waals surface area contributed by atoms with Crippen LogP contribution in [-0.2, 0) is 16.6 Å². The van der Waals surface area contributed by atoms with Crippen molar-refractivity contribution in [2.24, 2.45) is 7.05 Å². The molecule has 1 unspecified atom stereocenters. The number of nitrogens with zero attached hydrogens (tertiary/aromatic N) is 4. The summed E-state index contributed by atoms with van der Waals surface area (Å²) in [5, 5.41) is 0. The normalized spacial score (nSPS) is 23.7. The second kappa shape index (κ2) is 6.79. The predicted octanol–water partition coefficient (Wildman–Crippen LogP) is 0.767. The zero-order chi connectivity index (χ0) is 15.5. The van der Waals surface area contributed by atoms with Crippen LogP contribution >= 0.6 is 0 Å². The minimum absolute atomic E-state index is 0.248. The molecule has 2 aliphatic heterocycles. The molecular formula is C16H26N4O2. The standard InChI is InChI=1S/C16H26N4O2/c1-13-10-18(2)16(17-13)14-4-3-5-20(11-14)15(21)12-19-6-8-22-9-7-19/h10,14H,3-9,11-12H2,1-2H3. The molecule has 3 rings (SSSR count). The third-order valence-electron chi connectivity index (χ3n) is 4.63. The maximum Gasteiger partial charge on any atom is 0.236 e. The average Bonchev–Trinajstić information content (AvgIpc) is 2.87. The number of imidazole rings is 1. The molecule has 0 aliphatic carbocycles. The van der Waals surface area contributed by atoms with Crippen LogP contribution in [-0.4, -0.2) is 71.2 Å². The van der Waals surface area contributed by atoms with E-state index in [0.29, 0.717) is 12.5 Å². The first-order valence-corrected chi connectivity index (χ1v) is 8.21. The summed E-state index contributed by atoms with van der Waals surface area (Å²) in [6.07, 6.45) is 4.24. The Kier molecular flexibility index (Phi) is 4.78. The summed E-state index contributed by atoms with van der Waals surface area (Å²) < 4.78 is 7.45. The number of ether oxygens (including phenoxy) is 1. The molecule has 1 aromatic heterocycles. The number of aromatic nitrogens is 2. The molecule has 0 spiro atoms. The number of hydrogen-bond donors (Lipinski definition) is 0. The highest BCUT2D eigenvalue weighted by Gasteiger charge is 2.28. The Balaban J connectivity index is 1.60. The Morgan fingerprint density at radius 3 is 2.82 bits per heavy atom. The molecule has 0 aromatic carbocycles. The van der Waals surface area contributed by atoms with Gasteiger partial charge in [-0.2, -0.15) is 0 Å². The van der Waals surface area contributed by atoms with Crippen LogP contribution in [0.15, 0.2) is 6.20 Å². The Labute approximate surface area is 132 Å². The molecule has 0 bridgehead atoms. The van der Waals surface area contributed by atoms with Crippen molar-refractivity contribution in [3.05, 3.63) is 17.7 Å². The number of piperidine rings is 1. The first-order chi connectivity index (χ1) is 10.6. The molecular weight excluding hydrogens is 280 g/mol. The van der Waals surface area contributed by atoms with Crippen molar-refractivity contribution < 1.29 is 9.53 Å². The highest BCUT2D eigenvalue weighted by Crippen LogP contribution is 2.26. The van der Waals surface area contributed by atoms with Gasteiger partial charge in [0.15, 0.2) is 0 Å². The van der Waals surface area contributed by atoms with Crippen LogP contribution in [0.5, 0.6) is 0 Å². The van der Waals surface area contributed by atoms with E-state index in [2.05, 4.69) is 20.6 Å². The summed E-state index contributed by atoms with van der Waals surface area (Å²) >= 11 is 0. The molecule has 6 nitrogen and oxygen atoms in total. The molecule has 0 radical (unpaired) electrons. The monoisotopic (exact) mass is 306 g/mol. The summed E-state index contributed by atoms with van der Waals surface area (Å²) in [7, 11) is 2.05. The molecule has 3 heterocycles. The van der Waals surface area contributed by atoms with Gasteiger partial charge in [-0.05, 0) is 19.8 Å². The Morgan fingerprint density at radius 2 is 2.14 bits per heavy atom.